The monoisotopic (exact) mass is 242 g/mol. The average Bonchev–Trinajstić information content (AvgIpc) is 2.86. The molecule has 1 aromatic carbocycles. The molecule has 0 aliphatic heterocycles. The molecule has 4 heteroatoms. The summed E-state index contributed by atoms with van der Waals surface area (Å²) in [4.78, 5) is 15.9. The molecule has 0 fully saturated rings. The molecule has 0 aliphatic rings. The van der Waals surface area contributed by atoms with E-state index in [0.29, 0.717) is 0 Å². The van der Waals surface area contributed by atoms with Gasteiger partial charge in [0.05, 0.1) is 22.1 Å². The van der Waals surface area contributed by atoms with E-state index in [1.54, 1.807) is 0 Å². The van der Waals surface area contributed by atoms with Crippen molar-refractivity contribution in [3.63, 3.8) is 0 Å². The van der Waals surface area contributed by atoms with Gasteiger partial charge in [-0.1, -0.05) is 27.7 Å². The Hall–Kier alpha value is -1.84. The number of rotatable bonds is 1. The molecule has 0 unspecified atom stereocenters. The summed E-state index contributed by atoms with van der Waals surface area (Å²) in [6, 6.07) is 4.14. The normalized spacial score (nSPS) is 12.7. The largest absolute Gasteiger partial charge is 0.342 e. The highest BCUT2D eigenvalue weighted by Crippen LogP contribution is 2.25. The van der Waals surface area contributed by atoms with Crippen LogP contribution in [0.25, 0.3) is 22.1 Å². The maximum Gasteiger partial charge on any atom is 0.112 e. The molecular formula is C14H18N4. The maximum absolute atomic E-state index is 4.66. The summed E-state index contributed by atoms with van der Waals surface area (Å²) < 4.78 is 0. The highest BCUT2D eigenvalue weighted by Gasteiger charge is 2.18. The van der Waals surface area contributed by atoms with Crippen molar-refractivity contribution >= 4 is 22.1 Å². The van der Waals surface area contributed by atoms with Crippen molar-refractivity contribution < 1.29 is 0 Å². The molecule has 0 amide bonds. The lowest BCUT2D eigenvalue weighted by Gasteiger charge is -2.13. The standard InChI is InChI=1S/C14H18N4/c1-5-12-15-8-6-10-11(7-9(8)16-12)18-13(17-10)14(2,3)4/h6-7H,5H2,1-4H3,(H,15,16)(H,17,18). The summed E-state index contributed by atoms with van der Waals surface area (Å²) in [5.74, 6) is 2.04. The van der Waals surface area contributed by atoms with Crippen LogP contribution in [0.2, 0.25) is 0 Å². The Kier molecular flexibility index (Phi) is 2.24. The number of nitrogens with one attached hydrogen (secondary N) is 2. The van der Waals surface area contributed by atoms with Gasteiger partial charge >= 0.3 is 0 Å². The molecule has 18 heavy (non-hydrogen) atoms. The van der Waals surface area contributed by atoms with Crippen molar-refractivity contribution in [3.8, 4) is 0 Å². The van der Waals surface area contributed by atoms with E-state index in [9.17, 15) is 0 Å². The molecule has 2 aromatic heterocycles. The minimum atomic E-state index is 0.0364. The lowest BCUT2D eigenvalue weighted by atomic mass is 9.96. The number of nitrogens with zero attached hydrogens (tertiary/aromatic N) is 2. The fourth-order valence-corrected chi connectivity index (χ4v) is 2.09. The van der Waals surface area contributed by atoms with Gasteiger partial charge in [-0.25, -0.2) is 9.97 Å². The highest BCUT2D eigenvalue weighted by atomic mass is 15.0. The Bertz CT molecular complexity index is 661. The number of hydrogen-bond donors (Lipinski definition) is 2. The molecule has 0 saturated heterocycles. The lowest BCUT2D eigenvalue weighted by Crippen LogP contribution is -2.12. The molecule has 2 heterocycles. The molecule has 94 valence electrons. The van der Waals surface area contributed by atoms with Gasteiger partial charge in [-0.3, -0.25) is 0 Å². The molecule has 0 aliphatic carbocycles. The van der Waals surface area contributed by atoms with Crippen molar-refractivity contribution in [2.24, 2.45) is 0 Å². The first-order valence-electron chi connectivity index (χ1n) is 6.36. The van der Waals surface area contributed by atoms with E-state index < -0.39 is 0 Å². The third kappa shape index (κ3) is 1.68. The van der Waals surface area contributed by atoms with Crippen LogP contribution in [0.1, 0.15) is 39.3 Å². The van der Waals surface area contributed by atoms with Gasteiger partial charge in [0.15, 0.2) is 0 Å². The summed E-state index contributed by atoms with van der Waals surface area (Å²) in [6.45, 7) is 8.57. The second kappa shape index (κ2) is 3.57. The Morgan fingerprint density at radius 2 is 1.67 bits per heavy atom. The lowest BCUT2D eigenvalue weighted by molar-refractivity contribution is 0.554. The molecule has 3 rings (SSSR count). The quantitative estimate of drug-likeness (QED) is 0.688. The summed E-state index contributed by atoms with van der Waals surface area (Å²) in [5, 5.41) is 0. The number of imidazole rings is 2. The summed E-state index contributed by atoms with van der Waals surface area (Å²) >= 11 is 0. The van der Waals surface area contributed by atoms with Crippen LogP contribution in [0, 0.1) is 0 Å². The van der Waals surface area contributed by atoms with Gasteiger partial charge in [0.1, 0.15) is 11.6 Å². The molecular weight excluding hydrogens is 224 g/mol. The van der Waals surface area contributed by atoms with Crippen molar-refractivity contribution in [2.75, 3.05) is 0 Å². The van der Waals surface area contributed by atoms with E-state index in [-0.39, 0.29) is 5.41 Å². The number of hydrogen-bond acceptors (Lipinski definition) is 2. The van der Waals surface area contributed by atoms with Gasteiger partial charge in [0, 0.05) is 11.8 Å². The molecule has 0 spiro atoms. The predicted molar refractivity (Wildman–Crippen MR) is 73.8 cm³/mol. The minimum Gasteiger partial charge on any atom is -0.342 e. The van der Waals surface area contributed by atoms with Crippen molar-refractivity contribution in [2.45, 2.75) is 39.5 Å². The molecule has 0 atom stereocenters. The minimum absolute atomic E-state index is 0.0364. The average molecular weight is 242 g/mol. The van der Waals surface area contributed by atoms with Crippen LogP contribution in [0.4, 0.5) is 0 Å². The van der Waals surface area contributed by atoms with Crippen LogP contribution < -0.4 is 0 Å². The van der Waals surface area contributed by atoms with Crippen LogP contribution in [0.15, 0.2) is 12.1 Å². The topological polar surface area (TPSA) is 57.4 Å². The van der Waals surface area contributed by atoms with E-state index in [4.69, 9.17) is 0 Å². The van der Waals surface area contributed by atoms with Crippen LogP contribution in [-0.4, -0.2) is 19.9 Å². The Morgan fingerprint density at radius 1 is 1.00 bits per heavy atom. The number of H-pyrrole nitrogens is 2. The smallest absolute Gasteiger partial charge is 0.112 e. The second-order valence-corrected chi connectivity index (χ2v) is 5.76. The molecule has 4 nitrogen and oxygen atoms in total. The Balaban J connectivity index is 2.23. The molecule has 0 radical (unpaired) electrons. The van der Waals surface area contributed by atoms with Crippen LogP contribution >= 0.6 is 0 Å². The van der Waals surface area contributed by atoms with Crippen LogP contribution in [0.3, 0.4) is 0 Å². The SMILES string of the molecule is CCc1nc2cc3nc(C(C)(C)C)[nH]c3cc2[nH]1. The van der Waals surface area contributed by atoms with Gasteiger partial charge in [-0.2, -0.15) is 0 Å². The van der Waals surface area contributed by atoms with Crippen LogP contribution in [-0.2, 0) is 11.8 Å². The van der Waals surface area contributed by atoms with Gasteiger partial charge in [0.25, 0.3) is 0 Å². The maximum atomic E-state index is 4.66. The third-order valence-electron chi connectivity index (χ3n) is 3.18. The zero-order chi connectivity index (χ0) is 12.9. The van der Waals surface area contributed by atoms with Gasteiger partial charge in [0.2, 0.25) is 0 Å². The molecule has 3 aromatic rings. The van der Waals surface area contributed by atoms with E-state index in [1.807, 2.05) is 6.07 Å². The van der Waals surface area contributed by atoms with Gasteiger partial charge in [-0.15, -0.1) is 0 Å². The summed E-state index contributed by atoms with van der Waals surface area (Å²) in [7, 11) is 0. The van der Waals surface area contributed by atoms with E-state index >= 15 is 0 Å². The number of aryl methyl sites for hydroxylation is 1. The zero-order valence-corrected chi connectivity index (χ0v) is 11.3. The Labute approximate surface area is 106 Å². The fraction of sp³-hybridized carbons (Fsp3) is 0.429. The van der Waals surface area contributed by atoms with Crippen molar-refractivity contribution in [1.29, 1.82) is 0 Å². The van der Waals surface area contributed by atoms with Crippen LogP contribution in [0.5, 0.6) is 0 Å². The summed E-state index contributed by atoms with van der Waals surface area (Å²) in [6.07, 6.45) is 0.920. The molecule has 0 bridgehead atoms. The first kappa shape index (κ1) is 11.3. The highest BCUT2D eigenvalue weighted by molar-refractivity contribution is 5.91. The first-order chi connectivity index (χ1) is 8.47. The number of fused-ring (bicyclic) bond motifs is 2. The van der Waals surface area contributed by atoms with Crippen molar-refractivity contribution in [1.82, 2.24) is 19.9 Å². The fourth-order valence-electron chi connectivity index (χ4n) is 2.09. The van der Waals surface area contributed by atoms with E-state index in [2.05, 4.69) is 53.7 Å². The van der Waals surface area contributed by atoms with Crippen molar-refractivity contribution in [3.05, 3.63) is 23.8 Å². The molecule has 2 N–H and O–H groups in total. The molecule has 0 saturated carbocycles. The third-order valence-corrected chi connectivity index (χ3v) is 3.18. The predicted octanol–water partition coefficient (Wildman–Crippen LogP) is 3.30. The van der Waals surface area contributed by atoms with E-state index in [1.165, 1.54) is 0 Å². The number of benzene rings is 1. The van der Waals surface area contributed by atoms with Gasteiger partial charge < -0.3 is 9.97 Å². The second-order valence-electron chi connectivity index (χ2n) is 5.76. The summed E-state index contributed by atoms with van der Waals surface area (Å²) in [5.41, 5.74) is 4.16. The van der Waals surface area contributed by atoms with Gasteiger partial charge in [-0.05, 0) is 12.1 Å². The number of aromatic nitrogens is 4. The Morgan fingerprint density at radius 3 is 2.33 bits per heavy atom. The van der Waals surface area contributed by atoms with E-state index in [0.717, 1.165) is 40.1 Å². The first-order valence-corrected chi connectivity index (χ1v) is 6.36. The zero-order valence-electron chi connectivity index (χ0n) is 11.3. The number of aromatic amines is 2.